The molecule has 0 aromatic heterocycles. The molecular weight excluding hydrogens is 246 g/mol. The van der Waals surface area contributed by atoms with Gasteiger partial charge in [0.1, 0.15) is 6.04 Å². The van der Waals surface area contributed by atoms with Crippen LogP contribution in [-0.4, -0.2) is 53.2 Å². The average Bonchev–Trinajstić information content (AvgIpc) is 2.87. The van der Waals surface area contributed by atoms with Gasteiger partial charge in [0.15, 0.2) is 0 Å². The maximum Gasteiger partial charge on any atom is 0.240 e. The van der Waals surface area contributed by atoms with E-state index < -0.39 is 11.9 Å². The molecule has 0 radical (unpaired) electrons. The fourth-order valence-electron chi connectivity index (χ4n) is 3.03. The first-order valence-corrected chi connectivity index (χ1v) is 6.86. The molecule has 2 fully saturated rings. The van der Waals surface area contributed by atoms with E-state index in [-0.39, 0.29) is 17.7 Å². The molecule has 2 saturated heterocycles. The number of hydrogen-bond donors (Lipinski definition) is 1. The zero-order chi connectivity index (χ0) is 14.0. The Bertz CT molecular complexity index is 397. The quantitative estimate of drug-likeness (QED) is 0.747. The first-order chi connectivity index (χ1) is 9.00. The van der Waals surface area contributed by atoms with E-state index in [1.165, 1.54) is 6.92 Å². The Labute approximate surface area is 112 Å². The van der Waals surface area contributed by atoms with E-state index in [9.17, 15) is 14.4 Å². The van der Waals surface area contributed by atoms with Crippen LogP contribution in [0.1, 0.15) is 32.6 Å². The van der Waals surface area contributed by atoms with Crippen LogP contribution in [0.4, 0.5) is 0 Å². The molecular formula is C13H21N3O3. The standard InChI is InChI=1S/C13H21N3O3/c1-9(17)15-6-2-4-10(8-15)13(19)16-7-3-5-11(16)12(14)18/h10-11H,2-8H2,1H3,(H2,14,18). The second kappa shape index (κ2) is 5.59. The van der Waals surface area contributed by atoms with Gasteiger partial charge in [0, 0.05) is 26.6 Å². The number of carbonyl (C=O) groups is 3. The monoisotopic (exact) mass is 267 g/mol. The fourth-order valence-corrected chi connectivity index (χ4v) is 3.03. The molecule has 2 aliphatic rings. The van der Waals surface area contributed by atoms with Crippen LogP contribution in [0.25, 0.3) is 0 Å². The predicted molar refractivity (Wildman–Crippen MR) is 68.9 cm³/mol. The number of piperidine rings is 1. The van der Waals surface area contributed by atoms with Gasteiger partial charge in [-0.1, -0.05) is 0 Å². The van der Waals surface area contributed by atoms with Crippen molar-refractivity contribution >= 4 is 17.7 Å². The summed E-state index contributed by atoms with van der Waals surface area (Å²) in [6, 6.07) is -0.458. The molecule has 6 heteroatoms. The molecule has 6 nitrogen and oxygen atoms in total. The van der Waals surface area contributed by atoms with E-state index in [2.05, 4.69) is 0 Å². The Hall–Kier alpha value is -1.59. The van der Waals surface area contributed by atoms with E-state index in [4.69, 9.17) is 5.73 Å². The second-order valence-electron chi connectivity index (χ2n) is 5.40. The lowest BCUT2D eigenvalue weighted by Gasteiger charge is -2.34. The molecule has 2 heterocycles. The lowest BCUT2D eigenvalue weighted by atomic mass is 9.96. The lowest BCUT2D eigenvalue weighted by Crippen LogP contribution is -2.50. The summed E-state index contributed by atoms with van der Waals surface area (Å²) in [5.41, 5.74) is 5.33. The van der Waals surface area contributed by atoms with Gasteiger partial charge < -0.3 is 15.5 Å². The van der Waals surface area contributed by atoms with Gasteiger partial charge in [-0.15, -0.1) is 0 Å². The summed E-state index contributed by atoms with van der Waals surface area (Å²) in [4.78, 5) is 38.5. The van der Waals surface area contributed by atoms with Crippen LogP contribution < -0.4 is 5.73 Å². The highest BCUT2D eigenvalue weighted by Gasteiger charge is 2.37. The van der Waals surface area contributed by atoms with Crippen LogP contribution in [0.5, 0.6) is 0 Å². The number of rotatable bonds is 2. The smallest absolute Gasteiger partial charge is 0.240 e. The molecule has 2 N–H and O–H groups in total. The van der Waals surface area contributed by atoms with E-state index >= 15 is 0 Å². The maximum atomic E-state index is 12.5. The van der Waals surface area contributed by atoms with E-state index in [0.29, 0.717) is 19.5 Å². The average molecular weight is 267 g/mol. The zero-order valence-electron chi connectivity index (χ0n) is 11.3. The molecule has 0 spiro atoms. The highest BCUT2D eigenvalue weighted by molar-refractivity contribution is 5.88. The van der Waals surface area contributed by atoms with E-state index in [1.54, 1.807) is 9.80 Å². The number of likely N-dealkylation sites (tertiary alicyclic amines) is 2. The minimum Gasteiger partial charge on any atom is -0.368 e. The number of carbonyl (C=O) groups excluding carboxylic acids is 3. The third kappa shape index (κ3) is 2.88. The van der Waals surface area contributed by atoms with Crippen molar-refractivity contribution in [3.05, 3.63) is 0 Å². The van der Waals surface area contributed by atoms with Crippen molar-refractivity contribution in [1.82, 2.24) is 9.80 Å². The number of nitrogens with two attached hydrogens (primary N) is 1. The first kappa shape index (κ1) is 13.8. The van der Waals surface area contributed by atoms with Crippen molar-refractivity contribution in [1.29, 1.82) is 0 Å². The van der Waals surface area contributed by atoms with Gasteiger partial charge in [-0.05, 0) is 25.7 Å². The van der Waals surface area contributed by atoms with Gasteiger partial charge in [0.2, 0.25) is 17.7 Å². The van der Waals surface area contributed by atoms with Gasteiger partial charge in [-0.3, -0.25) is 14.4 Å². The topological polar surface area (TPSA) is 83.7 Å². The lowest BCUT2D eigenvalue weighted by molar-refractivity contribution is -0.144. The van der Waals surface area contributed by atoms with Crippen molar-refractivity contribution in [2.75, 3.05) is 19.6 Å². The van der Waals surface area contributed by atoms with Gasteiger partial charge in [0.25, 0.3) is 0 Å². The Balaban J connectivity index is 2.02. The van der Waals surface area contributed by atoms with Crippen LogP contribution in [0.2, 0.25) is 0 Å². The van der Waals surface area contributed by atoms with E-state index in [1.807, 2.05) is 0 Å². The molecule has 2 rings (SSSR count). The molecule has 106 valence electrons. The zero-order valence-corrected chi connectivity index (χ0v) is 11.3. The molecule has 2 unspecified atom stereocenters. The Kier molecular flexibility index (Phi) is 4.07. The van der Waals surface area contributed by atoms with Crippen LogP contribution in [0, 0.1) is 5.92 Å². The van der Waals surface area contributed by atoms with Gasteiger partial charge >= 0.3 is 0 Å². The molecule has 0 aromatic rings. The van der Waals surface area contributed by atoms with Crippen LogP contribution in [0.3, 0.4) is 0 Å². The van der Waals surface area contributed by atoms with Gasteiger partial charge in [-0.2, -0.15) is 0 Å². The third-order valence-electron chi connectivity index (χ3n) is 4.08. The normalized spacial score (nSPS) is 27.4. The highest BCUT2D eigenvalue weighted by atomic mass is 16.2. The summed E-state index contributed by atoms with van der Waals surface area (Å²) < 4.78 is 0. The van der Waals surface area contributed by atoms with Crippen molar-refractivity contribution in [2.24, 2.45) is 11.7 Å². The van der Waals surface area contributed by atoms with Gasteiger partial charge in [-0.25, -0.2) is 0 Å². The number of nitrogens with zero attached hydrogens (tertiary/aromatic N) is 2. The summed E-state index contributed by atoms with van der Waals surface area (Å²) in [5, 5.41) is 0. The predicted octanol–water partition coefficient (Wildman–Crippen LogP) is -0.279. The number of amides is 3. The summed E-state index contributed by atoms with van der Waals surface area (Å²) in [6.07, 6.45) is 3.10. The Morgan fingerprint density at radius 1 is 1.11 bits per heavy atom. The Morgan fingerprint density at radius 3 is 2.42 bits per heavy atom. The molecule has 0 bridgehead atoms. The SMILES string of the molecule is CC(=O)N1CCCC(C(=O)N2CCCC2C(N)=O)C1. The highest BCUT2D eigenvalue weighted by Crippen LogP contribution is 2.24. The van der Waals surface area contributed by atoms with Crippen molar-refractivity contribution < 1.29 is 14.4 Å². The Morgan fingerprint density at radius 2 is 1.79 bits per heavy atom. The molecule has 3 amide bonds. The molecule has 0 aliphatic carbocycles. The summed E-state index contributed by atoms with van der Waals surface area (Å²) in [7, 11) is 0. The molecule has 19 heavy (non-hydrogen) atoms. The van der Waals surface area contributed by atoms with Crippen molar-refractivity contribution in [3.63, 3.8) is 0 Å². The number of hydrogen-bond acceptors (Lipinski definition) is 3. The molecule has 0 aromatic carbocycles. The summed E-state index contributed by atoms with van der Waals surface area (Å²) in [6.45, 7) is 3.31. The van der Waals surface area contributed by atoms with Crippen molar-refractivity contribution in [3.8, 4) is 0 Å². The maximum absolute atomic E-state index is 12.5. The van der Waals surface area contributed by atoms with Crippen LogP contribution in [-0.2, 0) is 14.4 Å². The first-order valence-electron chi connectivity index (χ1n) is 6.86. The summed E-state index contributed by atoms with van der Waals surface area (Å²) >= 11 is 0. The minimum atomic E-state index is -0.458. The fraction of sp³-hybridized carbons (Fsp3) is 0.769. The molecule has 2 atom stereocenters. The second-order valence-corrected chi connectivity index (χ2v) is 5.40. The van der Waals surface area contributed by atoms with Gasteiger partial charge in [0.05, 0.1) is 5.92 Å². The van der Waals surface area contributed by atoms with E-state index in [0.717, 1.165) is 25.8 Å². The summed E-state index contributed by atoms with van der Waals surface area (Å²) in [5.74, 6) is -0.625. The van der Waals surface area contributed by atoms with Crippen molar-refractivity contribution in [2.45, 2.75) is 38.6 Å². The van der Waals surface area contributed by atoms with Crippen LogP contribution >= 0.6 is 0 Å². The molecule has 0 saturated carbocycles. The number of primary amides is 1. The van der Waals surface area contributed by atoms with Crippen LogP contribution in [0.15, 0.2) is 0 Å². The largest absolute Gasteiger partial charge is 0.368 e. The third-order valence-corrected chi connectivity index (χ3v) is 4.08. The molecule has 2 aliphatic heterocycles. The minimum absolute atomic E-state index is 0.00498.